The smallest absolute Gasteiger partial charge is 0.325 e. The fraction of sp³-hybridized carbons (Fsp3) is 0.105. The summed E-state index contributed by atoms with van der Waals surface area (Å²) in [5, 5.41) is 3.67. The van der Waals surface area contributed by atoms with E-state index >= 15 is 0 Å². The molecular formula is C19H15ClN2O4S. The number of thiophene rings is 1. The first-order valence-corrected chi connectivity index (χ1v) is 9.14. The van der Waals surface area contributed by atoms with Gasteiger partial charge in [-0.25, -0.2) is 0 Å². The molecule has 0 bridgehead atoms. The predicted molar refractivity (Wildman–Crippen MR) is 104 cm³/mol. The summed E-state index contributed by atoms with van der Waals surface area (Å²) in [4.78, 5) is 35.7. The van der Waals surface area contributed by atoms with Crippen LogP contribution in [0.5, 0.6) is 0 Å². The van der Waals surface area contributed by atoms with Gasteiger partial charge in [0.05, 0.1) is 5.02 Å². The monoisotopic (exact) mass is 402 g/mol. The van der Waals surface area contributed by atoms with Gasteiger partial charge >= 0.3 is 5.97 Å². The lowest BCUT2D eigenvalue weighted by Crippen LogP contribution is -2.30. The maximum absolute atomic E-state index is 12.3. The Morgan fingerprint density at radius 1 is 1.11 bits per heavy atom. The molecule has 27 heavy (non-hydrogen) atoms. The van der Waals surface area contributed by atoms with Gasteiger partial charge in [-0.05, 0) is 23.8 Å². The van der Waals surface area contributed by atoms with Crippen molar-refractivity contribution in [3.63, 3.8) is 0 Å². The zero-order valence-electron chi connectivity index (χ0n) is 14.0. The SMILES string of the molecule is NC(=O)c1cccc(COC(=O)CNC(=O)c2sc3ccccc3c2Cl)c1. The molecular weight excluding hydrogens is 388 g/mol. The Balaban J connectivity index is 1.55. The molecule has 0 aliphatic heterocycles. The molecule has 0 aliphatic carbocycles. The van der Waals surface area contributed by atoms with Gasteiger partial charge in [0, 0.05) is 15.6 Å². The largest absolute Gasteiger partial charge is 0.460 e. The van der Waals surface area contributed by atoms with Gasteiger partial charge in [-0.1, -0.05) is 41.9 Å². The Hall–Kier alpha value is -2.90. The van der Waals surface area contributed by atoms with Gasteiger partial charge in [0.15, 0.2) is 0 Å². The summed E-state index contributed by atoms with van der Waals surface area (Å²) in [6.07, 6.45) is 0. The molecule has 0 aliphatic rings. The number of primary amides is 1. The fourth-order valence-electron chi connectivity index (χ4n) is 2.42. The molecule has 0 radical (unpaired) electrons. The summed E-state index contributed by atoms with van der Waals surface area (Å²) < 4.78 is 6.00. The number of ether oxygens (including phenoxy) is 1. The van der Waals surface area contributed by atoms with Crippen molar-refractivity contribution in [2.75, 3.05) is 6.54 Å². The Labute approximate surface area is 163 Å². The fourth-order valence-corrected chi connectivity index (χ4v) is 3.86. The molecule has 0 fully saturated rings. The average Bonchev–Trinajstić information content (AvgIpc) is 3.01. The first-order chi connectivity index (χ1) is 13.0. The normalized spacial score (nSPS) is 10.6. The van der Waals surface area contributed by atoms with E-state index in [4.69, 9.17) is 22.1 Å². The summed E-state index contributed by atoms with van der Waals surface area (Å²) in [6, 6.07) is 13.9. The van der Waals surface area contributed by atoms with Gasteiger partial charge in [-0.15, -0.1) is 11.3 Å². The number of halogens is 1. The topological polar surface area (TPSA) is 98.5 Å². The number of esters is 1. The van der Waals surface area contributed by atoms with Crippen LogP contribution in [0.2, 0.25) is 5.02 Å². The van der Waals surface area contributed by atoms with Crippen LogP contribution in [0.25, 0.3) is 10.1 Å². The third kappa shape index (κ3) is 4.45. The molecule has 2 amide bonds. The Morgan fingerprint density at radius 2 is 1.89 bits per heavy atom. The Bertz CT molecular complexity index is 1030. The van der Waals surface area contributed by atoms with E-state index in [0.717, 1.165) is 10.1 Å². The van der Waals surface area contributed by atoms with Crippen molar-refractivity contribution in [1.29, 1.82) is 0 Å². The van der Waals surface area contributed by atoms with E-state index in [9.17, 15) is 14.4 Å². The summed E-state index contributed by atoms with van der Waals surface area (Å²) in [6.45, 7) is -0.321. The van der Waals surface area contributed by atoms with Gasteiger partial charge in [0.2, 0.25) is 5.91 Å². The summed E-state index contributed by atoms with van der Waals surface area (Å²) >= 11 is 7.50. The molecule has 138 valence electrons. The summed E-state index contributed by atoms with van der Waals surface area (Å²) in [5.41, 5.74) is 6.16. The van der Waals surface area contributed by atoms with Crippen LogP contribution in [0, 0.1) is 0 Å². The quantitative estimate of drug-likeness (QED) is 0.619. The Kier molecular flexibility index (Phi) is 5.73. The van der Waals surface area contributed by atoms with Crippen LogP contribution in [0.1, 0.15) is 25.6 Å². The maximum atomic E-state index is 12.3. The van der Waals surface area contributed by atoms with E-state index in [1.807, 2.05) is 24.3 Å². The van der Waals surface area contributed by atoms with Gasteiger partial charge in [-0.3, -0.25) is 14.4 Å². The van der Waals surface area contributed by atoms with Crippen LogP contribution >= 0.6 is 22.9 Å². The summed E-state index contributed by atoms with van der Waals surface area (Å²) in [7, 11) is 0. The second kappa shape index (κ2) is 8.20. The second-order valence-corrected chi connectivity index (χ2v) is 7.08. The van der Waals surface area contributed by atoms with Gasteiger partial charge in [0.25, 0.3) is 5.91 Å². The average molecular weight is 403 g/mol. The number of carbonyl (C=O) groups is 3. The number of nitrogens with two attached hydrogens (primary N) is 1. The number of amides is 2. The molecule has 6 nitrogen and oxygen atoms in total. The van der Waals surface area contributed by atoms with Crippen molar-refractivity contribution < 1.29 is 19.1 Å². The third-order valence-corrected chi connectivity index (χ3v) is 5.42. The third-order valence-electron chi connectivity index (χ3n) is 3.75. The molecule has 3 aromatic rings. The van der Waals surface area contributed by atoms with Crippen LogP contribution in [-0.4, -0.2) is 24.3 Å². The molecule has 2 aromatic carbocycles. The standard InChI is InChI=1S/C19H15ClN2O4S/c20-16-13-6-1-2-7-14(13)27-17(16)19(25)22-9-15(23)26-10-11-4-3-5-12(8-11)18(21)24/h1-8H,9-10H2,(H2,21,24)(H,22,25). The Morgan fingerprint density at radius 3 is 2.63 bits per heavy atom. The first kappa shape index (κ1) is 18.9. The van der Waals surface area contributed by atoms with E-state index < -0.39 is 17.8 Å². The minimum absolute atomic E-state index is 0.0283. The van der Waals surface area contributed by atoms with Crippen LogP contribution in [0.4, 0.5) is 0 Å². The molecule has 0 saturated carbocycles. The van der Waals surface area contributed by atoms with Crippen LogP contribution in [-0.2, 0) is 16.1 Å². The first-order valence-electron chi connectivity index (χ1n) is 7.95. The summed E-state index contributed by atoms with van der Waals surface area (Å²) in [5.74, 6) is -1.60. The van der Waals surface area contributed by atoms with Crippen molar-refractivity contribution in [2.24, 2.45) is 5.73 Å². The lowest BCUT2D eigenvalue weighted by Gasteiger charge is -2.07. The van der Waals surface area contributed by atoms with Gasteiger partial charge in [-0.2, -0.15) is 0 Å². The van der Waals surface area contributed by atoms with Crippen LogP contribution in [0.15, 0.2) is 48.5 Å². The lowest BCUT2D eigenvalue weighted by atomic mass is 10.1. The lowest BCUT2D eigenvalue weighted by molar-refractivity contribution is -0.143. The van der Waals surface area contributed by atoms with Crippen molar-refractivity contribution in [3.05, 3.63) is 69.6 Å². The number of benzene rings is 2. The van der Waals surface area contributed by atoms with Crippen LogP contribution < -0.4 is 11.1 Å². The molecule has 1 heterocycles. The van der Waals surface area contributed by atoms with E-state index in [-0.39, 0.29) is 13.2 Å². The number of hydrogen-bond donors (Lipinski definition) is 2. The second-order valence-electron chi connectivity index (χ2n) is 5.65. The minimum atomic E-state index is -0.606. The molecule has 0 unspecified atom stereocenters. The molecule has 3 rings (SSSR count). The van der Waals surface area contributed by atoms with Crippen LogP contribution in [0.3, 0.4) is 0 Å². The highest BCUT2D eigenvalue weighted by Crippen LogP contribution is 2.34. The van der Waals surface area contributed by atoms with E-state index in [2.05, 4.69) is 5.32 Å². The number of rotatable bonds is 6. The predicted octanol–water partition coefficient (Wildman–Crippen LogP) is 3.13. The molecule has 0 spiro atoms. The van der Waals surface area contributed by atoms with Crippen molar-refractivity contribution >= 4 is 50.8 Å². The van der Waals surface area contributed by atoms with Gasteiger partial charge < -0.3 is 15.8 Å². The zero-order chi connectivity index (χ0) is 19.4. The molecule has 0 atom stereocenters. The van der Waals surface area contributed by atoms with Crippen molar-refractivity contribution in [2.45, 2.75) is 6.61 Å². The number of carbonyl (C=O) groups excluding carboxylic acids is 3. The van der Waals surface area contributed by atoms with E-state index in [0.29, 0.717) is 21.0 Å². The molecule has 3 N–H and O–H groups in total. The van der Waals surface area contributed by atoms with Gasteiger partial charge in [0.1, 0.15) is 18.0 Å². The number of nitrogens with one attached hydrogen (secondary N) is 1. The van der Waals surface area contributed by atoms with Crippen molar-refractivity contribution in [3.8, 4) is 0 Å². The zero-order valence-corrected chi connectivity index (χ0v) is 15.6. The molecule has 8 heteroatoms. The number of fused-ring (bicyclic) bond motifs is 1. The maximum Gasteiger partial charge on any atom is 0.325 e. The van der Waals surface area contributed by atoms with Crippen molar-refractivity contribution in [1.82, 2.24) is 5.32 Å². The van der Waals surface area contributed by atoms with E-state index in [1.54, 1.807) is 24.3 Å². The molecule has 1 aromatic heterocycles. The molecule has 0 saturated heterocycles. The highest BCUT2D eigenvalue weighted by Gasteiger charge is 2.17. The highest BCUT2D eigenvalue weighted by atomic mass is 35.5. The minimum Gasteiger partial charge on any atom is -0.460 e. The highest BCUT2D eigenvalue weighted by molar-refractivity contribution is 7.21. The van der Waals surface area contributed by atoms with E-state index in [1.165, 1.54) is 11.3 Å². The number of hydrogen-bond acceptors (Lipinski definition) is 5.